The number of amides is 1. The molecule has 9 heteroatoms. The van der Waals surface area contributed by atoms with E-state index >= 15 is 0 Å². The van der Waals surface area contributed by atoms with Crippen LogP contribution in [0.5, 0.6) is 0 Å². The maximum absolute atomic E-state index is 12.8. The van der Waals surface area contributed by atoms with Crippen LogP contribution in [0.25, 0.3) is 4.96 Å². The van der Waals surface area contributed by atoms with E-state index in [0.29, 0.717) is 24.7 Å². The highest BCUT2D eigenvalue weighted by molar-refractivity contribution is 7.20. The van der Waals surface area contributed by atoms with E-state index in [2.05, 4.69) is 15.3 Å². The van der Waals surface area contributed by atoms with Gasteiger partial charge in [-0.25, -0.2) is 4.98 Å². The van der Waals surface area contributed by atoms with E-state index < -0.39 is 0 Å². The van der Waals surface area contributed by atoms with Gasteiger partial charge in [0.25, 0.3) is 5.56 Å². The molecule has 1 fully saturated rings. The highest BCUT2D eigenvalue weighted by Crippen LogP contribution is 2.28. The summed E-state index contributed by atoms with van der Waals surface area (Å²) in [7, 11) is 1.62. The van der Waals surface area contributed by atoms with Crippen molar-refractivity contribution in [1.82, 2.24) is 19.9 Å². The van der Waals surface area contributed by atoms with Crippen molar-refractivity contribution >= 4 is 27.3 Å². The Morgan fingerprint density at radius 3 is 3.04 bits per heavy atom. The number of nitrogens with zero attached hydrogens (tertiary/aromatic N) is 4. The topological polar surface area (TPSA) is 88.8 Å². The number of anilines is 1. The predicted octanol–water partition coefficient (Wildman–Crippen LogP) is 1.01. The molecule has 0 saturated carbocycles. The first kappa shape index (κ1) is 18.4. The first-order chi connectivity index (χ1) is 13.2. The minimum absolute atomic E-state index is 0.0249. The van der Waals surface area contributed by atoms with Gasteiger partial charge in [0, 0.05) is 32.3 Å². The second-order valence-electron chi connectivity index (χ2n) is 7.20. The number of piperidine rings is 1. The number of methoxy groups -OCH3 is 1. The quantitative estimate of drug-likeness (QED) is 0.766. The average Bonchev–Trinajstić information content (AvgIpc) is 3.13. The lowest BCUT2D eigenvalue weighted by molar-refractivity contribution is -0.125. The molecule has 2 aliphatic rings. The van der Waals surface area contributed by atoms with Crippen molar-refractivity contribution in [3.63, 3.8) is 0 Å². The monoisotopic (exact) mass is 391 g/mol. The number of nitrogens with one attached hydrogen (secondary N) is 1. The summed E-state index contributed by atoms with van der Waals surface area (Å²) in [5, 5.41) is 8.24. The average molecular weight is 391 g/mol. The number of ether oxygens (including phenoxy) is 1. The van der Waals surface area contributed by atoms with Gasteiger partial charge >= 0.3 is 0 Å². The number of aryl methyl sites for hydroxylation is 1. The van der Waals surface area contributed by atoms with Crippen molar-refractivity contribution in [2.75, 3.05) is 38.3 Å². The molecule has 1 aliphatic heterocycles. The van der Waals surface area contributed by atoms with Crippen LogP contribution in [0.4, 0.5) is 5.13 Å². The SMILES string of the molecule is COCCNC(=O)[C@H]1CCCN(c2nn3c(=O)c4c(nc3s2)CCCC4)C1. The number of carbonyl (C=O) groups is 1. The molecule has 27 heavy (non-hydrogen) atoms. The number of hydrogen-bond donors (Lipinski definition) is 1. The van der Waals surface area contributed by atoms with Gasteiger partial charge in [-0.15, -0.1) is 5.10 Å². The van der Waals surface area contributed by atoms with Gasteiger partial charge in [-0.1, -0.05) is 11.3 Å². The van der Waals surface area contributed by atoms with Gasteiger partial charge in [0.05, 0.1) is 18.2 Å². The third kappa shape index (κ3) is 3.70. The van der Waals surface area contributed by atoms with Crippen LogP contribution in [0.3, 0.4) is 0 Å². The maximum atomic E-state index is 12.8. The maximum Gasteiger partial charge on any atom is 0.278 e. The lowest BCUT2D eigenvalue weighted by Gasteiger charge is -2.31. The van der Waals surface area contributed by atoms with Crippen molar-refractivity contribution in [2.45, 2.75) is 38.5 Å². The molecule has 4 rings (SSSR count). The highest BCUT2D eigenvalue weighted by atomic mass is 32.1. The first-order valence-corrected chi connectivity index (χ1v) is 10.4. The van der Waals surface area contributed by atoms with E-state index in [1.807, 2.05) is 0 Å². The smallest absolute Gasteiger partial charge is 0.278 e. The molecule has 1 aliphatic carbocycles. The molecule has 8 nitrogen and oxygen atoms in total. The molecule has 1 N–H and O–H groups in total. The van der Waals surface area contributed by atoms with Gasteiger partial charge in [-0.3, -0.25) is 9.59 Å². The number of aromatic nitrogens is 3. The summed E-state index contributed by atoms with van der Waals surface area (Å²) in [6.07, 6.45) is 5.60. The first-order valence-electron chi connectivity index (χ1n) is 9.60. The molecule has 0 spiro atoms. The molecule has 146 valence electrons. The van der Waals surface area contributed by atoms with E-state index in [1.165, 1.54) is 15.9 Å². The molecule has 2 aromatic heterocycles. The molecule has 0 bridgehead atoms. The van der Waals surface area contributed by atoms with Crippen LogP contribution < -0.4 is 15.8 Å². The molecule has 1 atom stereocenters. The van der Waals surface area contributed by atoms with E-state index in [9.17, 15) is 9.59 Å². The Balaban J connectivity index is 1.54. The highest BCUT2D eigenvalue weighted by Gasteiger charge is 2.28. The van der Waals surface area contributed by atoms with Crippen molar-refractivity contribution in [1.29, 1.82) is 0 Å². The van der Waals surface area contributed by atoms with Crippen LogP contribution in [0.2, 0.25) is 0 Å². The fourth-order valence-electron chi connectivity index (χ4n) is 3.88. The molecule has 1 amide bonds. The van der Waals surface area contributed by atoms with E-state index in [-0.39, 0.29) is 17.4 Å². The number of fused-ring (bicyclic) bond motifs is 2. The van der Waals surface area contributed by atoms with Crippen molar-refractivity contribution in [2.24, 2.45) is 5.92 Å². The van der Waals surface area contributed by atoms with Crippen LogP contribution in [0.1, 0.15) is 36.9 Å². The van der Waals surface area contributed by atoms with E-state index in [4.69, 9.17) is 9.72 Å². The summed E-state index contributed by atoms with van der Waals surface area (Å²) in [6, 6.07) is 0. The lowest BCUT2D eigenvalue weighted by Crippen LogP contribution is -2.43. The summed E-state index contributed by atoms with van der Waals surface area (Å²) in [6.45, 7) is 2.50. The normalized spacial score (nSPS) is 19.9. The van der Waals surface area contributed by atoms with Gasteiger partial charge in [0.2, 0.25) is 16.0 Å². The standard InChI is InChI=1S/C18H25N5O3S/c1-26-10-8-19-15(24)12-5-4-9-22(11-12)18-21-23-16(25)13-6-2-3-7-14(13)20-17(23)27-18/h12H,2-11H2,1H3,(H,19,24)/t12-/m0/s1. The molecular weight excluding hydrogens is 366 g/mol. The molecule has 2 aromatic rings. The number of rotatable bonds is 5. The summed E-state index contributed by atoms with van der Waals surface area (Å²) in [5.41, 5.74) is 1.74. The summed E-state index contributed by atoms with van der Waals surface area (Å²) in [5.74, 6) is -0.0101. The van der Waals surface area contributed by atoms with Crippen LogP contribution >= 0.6 is 11.3 Å². The Hall–Kier alpha value is -2.00. The molecule has 0 radical (unpaired) electrons. The number of hydrogen-bond acceptors (Lipinski definition) is 7. The predicted molar refractivity (Wildman–Crippen MR) is 104 cm³/mol. The Bertz CT molecular complexity index is 893. The Labute approximate surface area is 161 Å². The largest absolute Gasteiger partial charge is 0.383 e. The van der Waals surface area contributed by atoms with Gasteiger partial charge < -0.3 is 15.0 Å². The summed E-state index contributed by atoms with van der Waals surface area (Å²) >= 11 is 1.44. The van der Waals surface area contributed by atoms with Crippen LogP contribution in [-0.2, 0) is 22.4 Å². The van der Waals surface area contributed by atoms with E-state index in [0.717, 1.165) is 61.5 Å². The van der Waals surface area contributed by atoms with E-state index in [1.54, 1.807) is 7.11 Å². The fraction of sp³-hybridized carbons (Fsp3) is 0.667. The minimum atomic E-state index is -0.0690. The fourth-order valence-corrected chi connectivity index (χ4v) is 4.82. The molecule has 0 aromatic carbocycles. The Kier molecular flexibility index (Phi) is 5.40. The second kappa shape index (κ2) is 7.93. The van der Waals surface area contributed by atoms with Crippen molar-refractivity contribution in [3.8, 4) is 0 Å². The van der Waals surface area contributed by atoms with Gasteiger partial charge in [0.15, 0.2) is 0 Å². The minimum Gasteiger partial charge on any atom is -0.383 e. The Morgan fingerprint density at radius 1 is 1.33 bits per heavy atom. The zero-order valence-electron chi connectivity index (χ0n) is 15.6. The molecule has 3 heterocycles. The summed E-state index contributed by atoms with van der Waals surface area (Å²) < 4.78 is 6.44. The van der Waals surface area contributed by atoms with Gasteiger partial charge in [0.1, 0.15) is 0 Å². The Morgan fingerprint density at radius 2 is 2.19 bits per heavy atom. The van der Waals surface area contributed by atoms with Crippen molar-refractivity contribution in [3.05, 3.63) is 21.6 Å². The third-order valence-electron chi connectivity index (χ3n) is 5.34. The van der Waals surface area contributed by atoms with Crippen LogP contribution in [0, 0.1) is 5.92 Å². The zero-order valence-corrected chi connectivity index (χ0v) is 16.4. The lowest BCUT2D eigenvalue weighted by atomic mass is 9.97. The number of carbonyl (C=O) groups excluding carboxylic acids is 1. The second-order valence-corrected chi connectivity index (χ2v) is 8.13. The molecule has 0 unspecified atom stereocenters. The molecule has 1 saturated heterocycles. The van der Waals surface area contributed by atoms with Gasteiger partial charge in [-0.2, -0.15) is 4.52 Å². The third-order valence-corrected chi connectivity index (χ3v) is 6.31. The summed E-state index contributed by atoms with van der Waals surface area (Å²) in [4.78, 5) is 32.6. The van der Waals surface area contributed by atoms with Crippen LogP contribution in [0.15, 0.2) is 4.79 Å². The van der Waals surface area contributed by atoms with Crippen LogP contribution in [-0.4, -0.2) is 53.9 Å². The van der Waals surface area contributed by atoms with Crippen molar-refractivity contribution < 1.29 is 9.53 Å². The van der Waals surface area contributed by atoms with Gasteiger partial charge in [-0.05, 0) is 38.5 Å². The zero-order chi connectivity index (χ0) is 18.8. The molecular formula is C18H25N5O3S.